The minimum Gasteiger partial charge on any atom is -0.340 e. The molecule has 2 rings (SSSR count). The molecule has 1 aromatic heterocycles. The fourth-order valence-electron chi connectivity index (χ4n) is 2.06. The summed E-state index contributed by atoms with van der Waals surface area (Å²) in [6.07, 6.45) is 3.71. The predicted octanol–water partition coefficient (Wildman–Crippen LogP) is 1.81. The largest absolute Gasteiger partial charge is 0.340 e. The lowest BCUT2D eigenvalue weighted by Gasteiger charge is -2.22. The molecule has 2 N–H and O–H groups in total. The number of amides is 1. The van der Waals surface area contributed by atoms with Gasteiger partial charge in [-0.05, 0) is 18.1 Å². The minimum absolute atomic E-state index is 0.0440. The molecule has 0 saturated carbocycles. The number of likely N-dealkylation sites (N-methyl/N-ethyl adjacent to an activating group) is 1. The molecule has 1 atom stereocenters. The summed E-state index contributed by atoms with van der Waals surface area (Å²) in [5.74, 6) is 0.0875. The third-order valence-corrected chi connectivity index (χ3v) is 3.46. The molecule has 1 amide bonds. The van der Waals surface area contributed by atoms with Crippen molar-refractivity contribution in [1.82, 2.24) is 14.7 Å². The number of hydrogen-bond acceptors (Lipinski definition) is 3. The highest BCUT2D eigenvalue weighted by Crippen LogP contribution is 2.10. The number of carbonyl (C=O) groups excluding carboxylic acids is 1. The smallest absolute Gasteiger partial charge is 0.239 e. The molecule has 0 saturated heterocycles. The van der Waals surface area contributed by atoms with Crippen molar-refractivity contribution in [3.63, 3.8) is 0 Å². The number of aromatic nitrogens is 2. The zero-order valence-electron chi connectivity index (χ0n) is 12.7. The summed E-state index contributed by atoms with van der Waals surface area (Å²) in [5, 5.41) is 4.33. The molecule has 112 valence electrons. The Kier molecular flexibility index (Phi) is 4.75. The van der Waals surface area contributed by atoms with Gasteiger partial charge in [0, 0.05) is 25.4 Å². The van der Waals surface area contributed by atoms with Gasteiger partial charge in [-0.15, -0.1) is 0 Å². The van der Waals surface area contributed by atoms with Gasteiger partial charge >= 0.3 is 0 Å². The van der Waals surface area contributed by atoms with E-state index in [0.717, 1.165) is 11.3 Å². The molecule has 0 aliphatic carbocycles. The first kappa shape index (κ1) is 15.3. The number of carbonyl (C=O) groups is 1. The summed E-state index contributed by atoms with van der Waals surface area (Å²) in [7, 11) is 1.77. The van der Waals surface area contributed by atoms with Gasteiger partial charge in [0.2, 0.25) is 5.91 Å². The number of benzene rings is 1. The van der Waals surface area contributed by atoms with Gasteiger partial charge in [-0.3, -0.25) is 4.79 Å². The van der Waals surface area contributed by atoms with Crippen LogP contribution in [0, 0.1) is 5.92 Å². The third kappa shape index (κ3) is 3.70. The van der Waals surface area contributed by atoms with Crippen molar-refractivity contribution >= 4 is 5.91 Å². The predicted molar refractivity (Wildman–Crippen MR) is 82.9 cm³/mol. The lowest BCUT2D eigenvalue weighted by atomic mass is 10.0. The van der Waals surface area contributed by atoms with Gasteiger partial charge in [0.1, 0.15) is 0 Å². The van der Waals surface area contributed by atoms with E-state index in [1.54, 1.807) is 22.8 Å². The fourth-order valence-corrected chi connectivity index (χ4v) is 2.06. The van der Waals surface area contributed by atoms with E-state index < -0.39 is 6.04 Å². The van der Waals surface area contributed by atoms with Crippen LogP contribution in [0.15, 0.2) is 42.7 Å². The number of para-hydroxylation sites is 1. The molecule has 0 fully saturated rings. The first-order valence-corrected chi connectivity index (χ1v) is 7.08. The SMILES string of the molecule is CC(C)[C@H](N)C(=O)N(C)Cc1cnn(-c2ccccc2)c1. The highest BCUT2D eigenvalue weighted by Gasteiger charge is 2.21. The Labute approximate surface area is 125 Å². The second-order valence-corrected chi connectivity index (χ2v) is 5.59. The maximum atomic E-state index is 12.1. The molecule has 5 nitrogen and oxygen atoms in total. The van der Waals surface area contributed by atoms with Crippen LogP contribution in [0.5, 0.6) is 0 Å². The molecule has 0 aliphatic heterocycles. The zero-order chi connectivity index (χ0) is 15.4. The van der Waals surface area contributed by atoms with E-state index in [2.05, 4.69) is 5.10 Å². The second-order valence-electron chi connectivity index (χ2n) is 5.59. The number of nitrogens with zero attached hydrogens (tertiary/aromatic N) is 3. The topological polar surface area (TPSA) is 64.2 Å². The van der Waals surface area contributed by atoms with E-state index in [0.29, 0.717) is 6.54 Å². The van der Waals surface area contributed by atoms with Crippen molar-refractivity contribution in [2.75, 3.05) is 7.05 Å². The molecule has 0 aliphatic rings. The Morgan fingerprint density at radius 1 is 1.33 bits per heavy atom. The van der Waals surface area contributed by atoms with Crippen LogP contribution < -0.4 is 5.73 Å². The summed E-state index contributed by atoms with van der Waals surface area (Å²) in [5.41, 5.74) is 7.87. The van der Waals surface area contributed by atoms with E-state index in [1.807, 2.05) is 50.4 Å². The van der Waals surface area contributed by atoms with Crippen LogP contribution in [-0.2, 0) is 11.3 Å². The number of rotatable bonds is 5. The lowest BCUT2D eigenvalue weighted by Crippen LogP contribution is -2.44. The summed E-state index contributed by atoms with van der Waals surface area (Å²) in [4.78, 5) is 13.8. The van der Waals surface area contributed by atoms with Gasteiger partial charge in [-0.2, -0.15) is 5.10 Å². The Morgan fingerprint density at radius 3 is 2.62 bits per heavy atom. The van der Waals surface area contributed by atoms with Crippen molar-refractivity contribution in [3.8, 4) is 5.69 Å². The monoisotopic (exact) mass is 286 g/mol. The maximum absolute atomic E-state index is 12.1. The van der Waals surface area contributed by atoms with Gasteiger partial charge in [-0.1, -0.05) is 32.0 Å². The normalized spacial score (nSPS) is 12.4. The average molecular weight is 286 g/mol. The Morgan fingerprint density at radius 2 is 2.00 bits per heavy atom. The van der Waals surface area contributed by atoms with Crippen molar-refractivity contribution < 1.29 is 4.79 Å². The van der Waals surface area contributed by atoms with Crippen molar-refractivity contribution in [3.05, 3.63) is 48.3 Å². The summed E-state index contributed by atoms with van der Waals surface area (Å²) in [6, 6.07) is 9.41. The fraction of sp³-hybridized carbons (Fsp3) is 0.375. The first-order chi connectivity index (χ1) is 9.99. The van der Waals surface area contributed by atoms with Crippen LogP contribution in [0.2, 0.25) is 0 Å². The van der Waals surface area contributed by atoms with Crippen molar-refractivity contribution in [2.24, 2.45) is 11.7 Å². The zero-order valence-corrected chi connectivity index (χ0v) is 12.7. The van der Waals surface area contributed by atoms with E-state index in [9.17, 15) is 4.79 Å². The average Bonchev–Trinajstić information content (AvgIpc) is 2.95. The summed E-state index contributed by atoms with van der Waals surface area (Å²) >= 11 is 0. The quantitative estimate of drug-likeness (QED) is 0.911. The molecule has 0 radical (unpaired) electrons. The maximum Gasteiger partial charge on any atom is 0.239 e. The number of hydrogen-bond donors (Lipinski definition) is 1. The molecular weight excluding hydrogens is 264 g/mol. The van der Waals surface area contributed by atoms with Crippen LogP contribution >= 0.6 is 0 Å². The standard InChI is InChI=1S/C16H22N4O/c1-12(2)15(17)16(21)19(3)10-13-9-18-20(11-13)14-7-5-4-6-8-14/h4-9,11-12,15H,10,17H2,1-3H3/t15-/m0/s1. The van der Waals surface area contributed by atoms with Crippen molar-refractivity contribution in [1.29, 1.82) is 0 Å². The molecular formula is C16H22N4O. The van der Waals surface area contributed by atoms with Crippen LogP contribution in [0.3, 0.4) is 0 Å². The van der Waals surface area contributed by atoms with E-state index in [1.165, 1.54) is 0 Å². The van der Waals surface area contributed by atoms with Gasteiger partial charge in [0.25, 0.3) is 0 Å². The molecule has 5 heteroatoms. The van der Waals surface area contributed by atoms with Gasteiger partial charge in [0.15, 0.2) is 0 Å². The van der Waals surface area contributed by atoms with Crippen LogP contribution in [0.25, 0.3) is 5.69 Å². The molecule has 21 heavy (non-hydrogen) atoms. The van der Waals surface area contributed by atoms with E-state index in [-0.39, 0.29) is 11.8 Å². The molecule has 2 aromatic rings. The molecule has 1 heterocycles. The van der Waals surface area contributed by atoms with Crippen LogP contribution in [-0.4, -0.2) is 33.7 Å². The highest BCUT2D eigenvalue weighted by atomic mass is 16.2. The highest BCUT2D eigenvalue weighted by molar-refractivity contribution is 5.81. The van der Waals surface area contributed by atoms with Crippen molar-refractivity contribution in [2.45, 2.75) is 26.4 Å². The second kappa shape index (κ2) is 6.54. The number of nitrogens with two attached hydrogens (primary N) is 1. The molecule has 0 bridgehead atoms. The Balaban J connectivity index is 2.04. The Hall–Kier alpha value is -2.14. The van der Waals surface area contributed by atoms with Gasteiger partial charge in [0.05, 0.1) is 17.9 Å². The molecule has 0 spiro atoms. The van der Waals surface area contributed by atoms with E-state index >= 15 is 0 Å². The Bertz CT molecular complexity index is 591. The first-order valence-electron chi connectivity index (χ1n) is 7.08. The summed E-state index contributed by atoms with van der Waals surface area (Å²) in [6.45, 7) is 4.40. The lowest BCUT2D eigenvalue weighted by molar-refractivity contribution is -0.132. The van der Waals surface area contributed by atoms with Crippen LogP contribution in [0.4, 0.5) is 0 Å². The molecule has 0 unspecified atom stereocenters. The van der Waals surface area contributed by atoms with Gasteiger partial charge in [-0.25, -0.2) is 4.68 Å². The third-order valence-electron chi connectivity index (χ3n) is 3.46. The summed E-state index contributed by atoms with van der Waals surface area (Å²) < 4.78 is 1.80. The molecule has 1 aromatic carbocycles. The van der Waals surface area contributed by atoms with Gasteiger partial charge < -0.3 is 10.6 Å². The van der Waals surface area contributed by atoms with Crippen LogP contribution in [0.1, 0.15) is 19.4 Å². The van der Waals surface area contributed by atoms with E-state index in [4.69, 9.17) is 5.73 Å². The minimum atomic E-state index is -0.459.